The van der Waals surface area contributed by atoms with Crippen LogP contribution in [0, 0.1) is 0 Å². The lowest BCUT2D eigenvalue weighted by Crippen LogP contribution is -2.32. The molecule has 2 aromatic rings. The molecule has 0 radical (unpaired) electrons. The molecule has 3 rings (SSSR count). The molecule has 0 saturated carbocycles. The quantitative estimate of drug-likeness (QED) is 0.789. The predicted octanol–water partition coefficient (Wildman–Crippen LogP) is 0.825. The molecule has 0 aliphatic carbocycles. The van der Waals surface area contributed by atoms with Gasteiger partial charge in [-0.05, 0) is 0 Å². The van der Waals surface area contributed by atoms with Gasteiger partial charge in [-0.15, -0.1) is 0 Å². The normalized spacial score (nSPS) is 16.4. The van der Waals surface area contributed by atoms with Gasteiger partial charge in [-0.3, -0.25) is 9.36 Å². The molecule has 0 bridgehead atoms. The fourth-order valence-electron chi connectivity index (χ4n) is 2.23. The third kappa shape index (κ3) is 1.49. The average Bonchev–Trinajstić information content (AvgIpc) is 2.65. The lowest BCUT2D eigenvalue weighted by molar-refractivity contribution is -0.0269. The summed E-state index contributed by atoms with van der Waals surface area (Å²) in [5.74, 6) is 0.989. The standard InChI is InChI=1S/C12H16N4O2/c1-7(2)10-14-11-9(12(17)15(10)3)4-13-16(11)8-5-18-6-8/h4,7-8H,5-6H2,1-3H3. The molecule has 2 aromatic heterocycles. The molecule has 0 N–H and O–H groups in total. The van der Waals surface area contributed by atoms with E-state index in [1.165, 1.54) is 0 Å². The Balaban J connectivity index is 2.27. The van der Waals surface area contributed by atoms with Gasteiger partial charge in [0.2, 0.25) is 0 Å². The minimum atomic E-state index is -0.0322. The Morgan fingerprint density at radius 3 is 2.72 bits per heavy atom. The second-order valence-corrected chi connectivity index (χ2v) is 5.01. The first-order valence-corrected chi connectivity index (χ1v) is 6.11. The molecular formula is C12H16N4O2. The monoisotopic (exact) mass is 248 g/mol. The average molecular weight is 248 g/mol. The topological polar surface area (TPSA) is 61.9 Å². The van der Waals surface area contributed by atoms with Crippen molar-refractivity contribution in [1.82, 2.24) is 19.3 Å². The molecule has 18 heavy (non-hydrogen) atoms. The lowest BCUT2D eigenvalue weighted by Gasteiger charge is -2.26. The van der Waals surface area contributed by atoms with E-state index in [0.717, 1.165) is 5.82 Å². The lowest BCUT2D eigenvalue weighted by atomic mass is 10.2. The highest BCUT2D eigenvalue weighted by Gasteiger charge is 2.25. The number of nitrogens with zero attached hydrogens (tertiary/aromatic N) is 4. The highest BCUT2D eigenvalue weighted by atomic mass is 16.5. The van der Waals surface area contributed by atoms with Crippen LogP contribution in [0.25, 0.3) is 11.0 Å². The van der Waals surface area contributed by atoms with E-state index in [-0.39, 0.29) is 17.5 Å². The minimum Gasteiger partial charge on any atom is -0.377 e. The number of hydrogen-bond donors (Lipinski definition) is 0. The molecular weight excluding hydrogens is 232 g/mol. The van der Waals surface area contributed by atoms with Crippen molar-refractivity contribution in [2.24, 2.45) is 7.05 Å². The molecule has 6 nitrogen and oxygen atoms in total. The van der Waals surface area contributed by atoms with Gasteiger partial charge in [0.25, 0.3) is 5.56 Å². The van der Waals surface area contributed by atoms with Gasteiger partial charge in [-0.2, -0.15) is 5.10 Å². The summed E-state index contributed by atoms with van der Waals surface area (Å²) in [6, 6.07) is 0.210. The Hall–Kier alpha value is -1.69. The zero-order chi connectivity index (χ0) is 12.9. The largest absolute Gasteiger partial charge is 0.377 e. The zero-order valence-electron chi connectivity index (χ0n) is 10.8. The van der Waals surface area contributed by atoms with Gasteiger partial charge in [0, 0.05) is 13.0 Å². The first-order valence-electron chi connectivity index (χ1n) is 6.11. The summed E-state index contributed by atoms with van der Waals surface area (Å²) < 4.78 is 8.59. The first-order chi connectivity index (χ1) is 8.59. The minimum absolute atomic E-state index is 0.0322. The van der Waals surface area contributed by atoms with Crippen molar-refractivity contribution in [3.63, 3.8) is 0 Å². The van der Waals surface area contributed by atoms with E-state index in [9.17, 15) is 4.79 Å². The molecule has 1 aliphatic heterocycles. The molecule has 0 atom stereocenters. The Bertz CT molecular complexity index is 652. The molecule has 0 spiro atoms. The number of ether oxygens (including phenoxy) is 1. The van der Waals surface area contributed by atoms with Gasteiger partial charge < -0.3 is 4.74 Å². The van der Waals surface area contributed by atoms with Gasteiger partial charge in [0.15, 0.2) is 5.65 Å². The van der Waals surface area contributed by atoms with Gasteiger partial charge in [-0.1, -0.05) is 13.8 Å². The summed E-state index contributed by atoms with van der Waals surface area (Å²) >= 11 is 0. The van der Waals surface area contributed by atoms with Crippen LogP contribution in [-0.2, 0) is 11.8 Å². The van der Waals surface area contributed by atoms with E-state index < -0.39 is 0 Å². The number of rotatable bonds is 2. The van der Waals surface area contributed by atoms with Crippen molar-refractivity contribution in [1.29, 1.82) is 0 Å². The van der Waals surface area contributed by atoms with Gasteiger partial charge in [0.1, 0.15) is 17.3 Å². The van der Waals surface area contributed by atoms with Crippen LogP contribution >= 0.6 is 0 Å². The summed E-state index contributed by atoms with van der Waals surface area (Å²) in [6.45, 7) is 5.34. The second-order valence-electron chi connectivity index (χ2n) is 5.01. The summed E-state index contributed by atoms with van der Waals surface area (Å²) in [5, 5.41) is 4.86. The molecule has 0 unspecified atom stereocenters. The third-order valence-electron chi connectivity index (χ3n) is 3.35. The van der Waals surface area contributed by atoms with Crippen LogP contribution in [0.4, 0.5) is 0 Å². The van der Waals surface area contributed by atoms with E-state index in [1.807, 2.05) is 18.5 Å². The molecule has 6 heteroatoms. The van der Waals surface area contributed by atoms with E-state index >= 15 is 0 Å². The van der Waals surface area contributed by atoms with E-state index in [1.54, 1.807) is 17.8 Å². The van der Waals surface area contributed by atoms with Crippen LogP contribution in [0.15, 0.2) is 11.0 Å². The fraction of sp³-hybridized carbons (Fsp3) is 0.583. The summed E-state index contributed by atoms with van der Waals surface area (Å²) in [7, 11) is 1.76. The Morgan fingerprint density at radius 2 is 2.17 bits per heavy atom. The molecule has 1 fully saturated rings. The molecule has 0 amide bonds. The summed E-state index contributed by atoms with van der Waals surface area (Å²) in [4.78, 5) is 16.8. The maximum absolute atomic E-state index is 12.2. The fourth-order valence-corrected chi connectivity index (χ4v) is 2.23. The van der Waals surface area contributed by atoms with E-state index in [2.05, 4.69) is 10.1 Å². The number of hydrogen-bond acceptors (Lipinski definition) is 4. The Morgan fingerprint density at radius 1 is 1.44 bits per heavy atom. The molecule has 96 valence electrons. The van der Waals surface area contributed by atoms with E-state index in [4.69, 9.17) is 4.74 Å². The maximum Gasteiger partial charge on any atom is 0.264 e. The van der Waals surface area contributed by atoms with Gasteiger partial charge in [-0.25, -0.2) is 9.67 Å². The molecule has 1 saturated heterocycles. The molecule has 3 heterocycles. The number of fused-ring (bicyclic) bond motifs is 1. The maximum atomic E-state index is 12.2. The van der Waals surface area contributed by atoms with Gasteiger partial charge in [0.05, 0.1) is 19.4 Å². The third-order valence-corrected chi connectivity index (χ3v) is 3.35. The van der Waals surface area contributed by atoms with Crippen LogP contribution < -0.4 is 5.56 Å². The second kappa shape index (κ2) is 3.91. The highest BCUT2D eigenvalue weighted by Crippen LogP contribution is 2.21. The van der Waals surface area contributed by atoms with Crippen molar-refractivity contribution in [2.75, 3.05) is 13.2 Å². The number of aromatic nitrogens is 4. The van der Waals surface area contributed by atoms with Crippen molar-refractivity contribution < 1.29 is 4.74 Å². The van der Waals surface area contributed by atoms with Crippen LogP contribution in [0.1, 0.15) is 31.6 Å². The van der Waals surface area contributed by atoms with Crippen LogP contribution in [-0.4, -0.2) is 32.5 Å². The highest BCUT2D eigenvalue weighted by molar-refractivity contribution is 5.73. The molecule has 0 aromatic carbocycles. The van der Waals surface area contributed by atoms with Crippen LogP contribution in [0.3, 0.4) is 0 Å². The van der Waals surface area contributed by atoms with Crippen molar-refractivity contribution in [2.45, 2.75) is 25.8 Å². The Labute approximate surface area is 104 Å². The van der Waals surface area contributed by atoms with Crippen molar-refractivity contribution in [3.05, 3.63) is 22.4 Å². The van der Waals surface area contributed by atoms with E-state index in [0.29, 0.717) is 24.2 Å². The van der Waals surface area contributed by atoms with Gasteiger partial charge >= 0.3 is 0 Å². The predicted molar refractivity (Wildman–Crippen MR) is 66.7 cm³/mol. The van der Waals surface area contributed by atoms with Crippen molar-refractivity contribution >= 4 is 11.0 Å². The first kappa shape index (κ1) is 11.4. The Kier molecular flexibility index (Phi) is 2.48. The smallest absolute Gasteiger partial charge is 0.264 e. The van der Waals surface area contributed by atoms with Crippen molar-refractivity contribution in [3.8, 4) is 0 Å². The molecule has 1 aliphatic rings. The SMILES string of the molecule is CC(C)c1nc2c(cnn2C2COC2)c(=O)n1C. The zero-order valence-corrected chi connectivity index (χ0v) is 10.8. The van der Waals surface area contributed by atoms with Crippen LogP contribution in [0.2, 0.25) is 0 Å². The summed E-state index contributed by atoms with van der Waals surface area (Å²) in [5.41, 5.74) is 0.644. The summed E-state index contributed by atoms with van der Waals surface area (Å²) in [6.07, 6.45) is 1.60. The van der Waals surface area contributed by atoms with Crippen LogP contribution in [0.5, 0.6) is 0 Å².